The molecule has 2 N–H and O–H groups in total. The average Bonchev–Trinajstić information content (AvgIpc) is 2.63. The molecule has 1 heterocycles. The Morgan fingerprint density at radius 3 is 2.62 bits per heavy atom. The van der Waals surface area contributed by atoms with Crippen molar-refractivity contribution in [2.45, 2.75) is 12.8 Å². The normalized spacial score (nSPS) is 15.2. The molecule has 1 aliphatic heterocycles. The van der Waals surface area contributed by atoms with Gasteiger partial charge >= 0.3 is 5.97 Å². The highest BCUT2D eigenvalue weighted by molar-refractivity contribution is 6.33. The van der Waals surface area contributed by atoms with Crippen molar-refractivity contribution in [2.24, 2.45) is 5.92 Å². The number of likely N-dealkylation sites (tertiary alicyclic amines) is 1. The fraction of sp³-hybridized carbons (Fsp3) is 0.312. The summed E-state index contributed by atoms with van der Waals surface area (Å²) < 4.78 is 0. The van der Waals surface area contributed by atoms with Crippen LogP contribution in [-0.2, 0) is 9.59 Å². The smallest absolute Gasteiger partial charge is 0.306 e. The summed E-state index contributed by atoms with van der Waals surface area (Å²) in [4.78, 5) is 35.0. The summed E-state index contributed by atoms with van der Waals surface area (Å²) in [6, 6.07) is 5.54. The van der Waals surface area contributed by atoms with Crippen molar-refractivity contribution in [1.29, 1.82) is 5.26 Å². The molecule has 0 saturated carbocycles. The predicted octanol–water partition coefficient (Wildman–Crippen LogP) is 2.39. The number of nitriles is 1. The Bertz CT molecular complexity index is 809. The number of aliphatic carboxylic acids is 1. The molecule has 0 bridgehead atoms. The van der Waals surface area contributed by atoms with Gasteiger partial charge in [0.25, 0.3) is 11.6 Å². The fourth-order valence-electron chi connectivity index (χ4n) is 2.53. The number of carboxylic acid groups (broad SMARTS) is 1. The van der Waals surface area contributed by atoms with Crippen LogP contribution >= 0.6 is 11.6 Å². The van der Waals surface area contributed by atoms with Crippen molar-refractivity contribution in [3.63, 3.8) is 0 Å². The number of anilines is 1. The lowest BCUT2D eigenvalue weighted by Crippen LogP contribution is -2.40. The number of halogens is 1. The van der Waals surface area contributed by atoms with Crippen LogP contribution in [0, 0.1) is 27.4 Å². The van der Waals surface area contributed by atoms with Crippen LogP contribution in [0.4, 0.5) is 11.4 Å². The molecule has 1 aromatic carbocycles. The van der Waals surface area contributed by atoms with Gasteiger partial charge in [-0.05, 0) is 18.9 Å². The standard InChI is InChI=1S/C16H15ClN4O5/c17-13-2-1-12(21(25)26)7-14(13)19-9-11(8-18)15(22)20-5-3-10(4-6-20)16(23)24/h1-2,7,9-10,19H,3-6H2,(H,23,24)/b11-9-. The van der Waals surface area contributed by atoms with Crippen LogP contribution in [0.2, 0.25) is 5.02 Å². The molecular formula is C16H15ClN4O5. The maximum absolute atomic E-state index is 12.4. The summed E-state index contributed by atoms with van der Waals surface area (Å²) in [5.41, 5.74) is -0.210. The lowest BCUT2D eigenvalue weighted by Gasteiger charge is -2.29. The Kier molecular flexibility index (Phi) is 6.14. The van der Waals surface area contributed by atoms with E-state index in [2.05, 4.69) is 5.32 Å². The van der Waals surface area contributed by atoms with Gasteiger partial charge in [0.05, 0.1) is 21.6 Å². The summed E-state index contributed by atoms with van der Waals surface area (Å²) in [6.45, 7) is 0.485. The van der Waals surface area contributed by atoms with E-state index in [0.717, 1.165) is 6.20 Å². The van der Waals surface area contributed by atoms with Gasteiger partial charge in [-0.3, -0.25) is 19.7 Å². The number of hydrogen-bond donors (Lipinski definition) is 2. The molecule has 1 saturated heterocycles. The molecule has 1 aromatic rings. The topological polar surface area (TPSA) is 137 Å². The zero-order valence-electron chi connectivity index (χ0n) is 13.5. The maximum atomic E-state index is 12.4. The number of carbonyl (C=O) groups is 2. The molecule has 1 fully saturated rings. The van der Waals surface area contributed by atoms with Crippen molar-refractivity contribution in [3.8, 4) is 6.07 Å². The Balaban J connectivity index is 2.10. The predicted molar refractivity (Wildman–Crippen MR) is 92.4 cm³/mol. The first kappa shape index (κ1) is 19.2. The van der Waals surface area contributed by atoms with E-state index in [1.807, 2.05) is 0 Å². The van der Waals surface area contributed by atoms with Gasteiger partial charge in [0.15, 0.2) is 0 Å². The third-order valence-electron chi connectivity index (χ3n) is 4.02. The fourth-order valence-corrected chi connectivity index (χ4v) is 2.70. The SMILES string of the molecule is N#C/C(=C/Nc1cc([N+](=O)[O-])ccc1Cl)C(=O)N1CCC(C(=O)O)CC1. The van der Waals surface area contributed by atoms with E-state index < -0.39 is 22.7 Å². The Morgan fingerprint density at radius 2 is 2.08 bits per heavy atom. The lowest BCUT2D eigenvalue weighted by molar-refractivity contribution is -0.384. The van der Waals surface area contributed by atoms with Crippen LogP contribution in [0.5, 0.6) is 0 Å². The van der Waals surface area contributed by atoms with Crippen LogP contribution < -0.4 is 5.32 Å². The number of nitro benzene ring substituents is 1. The summed E-state index contributed by atoms with van der Waals surface area (Å²) in [6.07, 6.45) is 1.78. The molecule has 0 aromatic heterocycles. The van der Waals surface area contributed by atoms with Gasteiger partial charge in [-0.15, -0.1) is 0 Å². The van der Waals surface area contributed by atoms with Crippen molar-refractivity contribution >= 4 is 34.9 Å². The first-order chi connectivity index (χ1) is 12.3. The van der Waals surface area contributed by atoms with E-state index in [1.165, 1.54) is 23.1 Å². The first-order valence-corrected chi connectivity index (χ1v) is 8.04. The highest BCUT2D eigenvalue weighted by Crippen LogP contribution is 2.27. The number of non-ortho nitro benzene ring substituents is 1. The molecule has 0 radical (unpaired) electrons. The highest BCUT2D eigenvalue weighted by atomic mass is 35.5. The van der Waals surface area contributed by atoms with Gasteiger partial charge in [-0.25, -0.2) is 0 Å². The number of nitrogens with one attached hydrogen (secondary N) is 1. The van der Waals surface area contributed by atoms with Crippen molar-refractivity contribution in [2.75, 3.05) is 18.4 Å². The lowest BCUT2D eigenvalue weighted by atomic mass is 9.97. The number of hydrogen-bond acceptors (Lipinski definition) is 6. The van der Waals surface area contributed by atoms with Crippen molar-refractivity contribution in [3.05, 3.63) is 45.1 Å². The number of piperidine rings is 1. The average molecular weight is 379 g/mol. The molecular weight excluding hydrogens is 364 g/mol. The molecule has 1 aliphatic rings. The molecule has 0 unspecified atom stereocenters. The second-order valence-corrected chi connectivity index (χ2v) is 6.05. The molecule has 1 amide bonds. The number of nitro groups is 1. The van der Waals surface area contributed by atoms with Gasteiger partial charge in [0.1, 0.15) is 11.6 Å². The number of rotatable bonds is 5. The van der Waals surface area contributed by atoms with E-state index in [9.17, 15) is 25.0 Å². The zero-order valence-corrected chi connectivity index (χ0v) is 14.3. The molecule has 0 spiro atoms. The summed E-state index contributed by atoms with van der Waals surface area (Å²) in [5.74, 6) is -1.92. The molecule has 26 heavy (non-hydrogen) atoms. The highest BCUT2D eigenvalue weighted by Gasteiger charge is 2.28. The number of amides is 1. The second-order valence-electron chi connectivity index (χ2n) is 5.64. The van der Waals surface area contributed by atoms with E-state index in [1.54, 1.807) is 6.07 Å². The Morgan fingerprint density at radius 1 is 1.42 bits per heavy atom. The number of carbonyl (C=O) groups excluding carboxylic acids is 1. The summed E-state index contributed by atoms with van der Waals surface area (Å²) in [5, 5.41) is 31.8. The Hall–Kier alpha value is -3.12. The molecule has 0 atom stereocenters. The van der Waals surface area contributed by atoms with E-state index in [4.69, 9.17) is 16.7 Å². The maximum Gasteiger partial charge on any atom is 0.306 e. The molecule has 2 rings (SSSR count). The largest absolute Gasteiger partial charge is 0.481 e. The van der Waals surface area contributed by atoms with Crippen LogP contribution in [0.15, 0.2) is 30.0 Å². The third kappa shape index (κ3) is 4.49. The van der Waals surface area contributed by atoms with Crippen molar-refractivity contribution in [1.82, 2.24) is 4.90 Å². The molecule has 10 heteroatoms. The van der Waals surface area contributed by atoms with Crippen LogP contribution in [0.25, 0.3) is 0 Å². The van der Waals surface area contributed by atoms with Crippen LogP contribution in [-0.4, -0.2) is 39.9 Å². The molecule has 136 valence electrons. The zero-order chi connectivity index (χ0) is 19.3. The van der Waals surface area contributed by atoms with Gasteiger partial charge < -0.3 is 15.3 Å². The number of benzene rings is 1. The summed E-state index contributed by atoms with van der Waals surface area (Å²) >= 11 is 5.95. The third-order valence-corrected chi connectivity index (χ3v) is 4.34. The molecule has 9 nitrogen and oxygen atoms in total. The molecule has 0 aliphatic carbocycles. The van der Waals surface area contributed by atoms with Gasteiger partial charge in [0, 0.05) is 31.4 Å². The van der Waals surface area contributed by atoms with Gasteiger partial charge in [-0.1, -0.05) is 11.6 Å². The quantitative estimate of drug-likeness (QED) is 0.347. The Labute approximate surface area is 153 Å². The van der Waals surface area contributed by atoms with Crippen LogP contribution in [0.3, 0.4) is 0 Å². The minimum absolute atomic E-state index is 0.186. The summed E-state index contributed by atoms with van der Waals surface area (Å²) in [7, 11) is 0. The van der Waals surface area contributed by atoms with Crippen LogP contribution in [0.1, 0.15) is 12.8 Å². The number of carboxylic acids is 1. The second kappa shape index (κ2) is 8.31. The van der Waals surface area contributed by atoms with E-state index in [-0.39, 0.29) is 35.1 Å². The van der Waals surface area contributed by atoms with E-state index in [0.29, 0.717) is 12.8 Å². The van der Waals surface area contributed by atoms with Gasteiger partial charge in [-0.2, -0.15) is 5.26 Å². The van der Waals surface area contributed by atoms with Crippen molar-refractivity contribution < 1.29 is 19.6 Å². The number of nitrogens with zero attached hydrogens (tertiary/aromatic N) is 3. The van der Waals surface area contributed by atoms with E-state index >= 15 is 0 Å². The monoisotopic (exact) mass is 378 g/mol. The minimum Gasteiger partial charge on any atom is -0.481 e. The minimum atomic E-state index is -0.893. The first-order valence-electron chi connectivity index (χ1n) is 7.66. The van der Waals surface area contributed by atoms with Gasteiger partial charge in [0.2, 0.25) is 0 Å².